The third-order valence-electron chi connectivity index (χ3n) is 5.05. The molecule has 1 saturated carbocycles. The van der Waals surface area contributed by atoms with Crippen LogP contribution in [0, 0.1) is 0 Å². The lowest BCUT2D eigenvalue weighted by atomic mass is 10.0. The Balaban J connectivity index is 1.74. The highest BCUT2D eigenvalue weighted by molar-refractivity contribution is 5.92. The Kier molecular flexibility index (Phi) is 4.61. The molecule has 0 unspecified atom stereocenters. The van der Waals surface area contributed by atoms with E-state index < -0.39 is 0 Å². The van der Waals surface area contributed by atoms with Crippen LogP contribution in [0.25, 0.3) is 22.0 Å². The number of benzene rings is 2. The molecule has 3 aromatic rings. The number of ether oxygens (including phenoxy) is 2. The number of hydrogen-bond donors (Lipinski definition) is 1. The maximum Gasteiger partial charge on any atom is 0.161 e. The number of hydrogen-bond acceptors (Lipinski definition) is 5. The summed E-state index contributed by atoms with van der Waals surface area (Å²) in [5.41, 5.74) is 3.12. The van der Waals surface area contributed by atoms with Crippen LogP contribution < -0.4 is 14.8 Å². The van der Waals surface area contributed by atoms with Crippen LogP contribution in [-0.2, 0) is 0 Å². The first kappa shape index (κ1) is 16.6. The van der Waals surface area contributed by atoms with Gasteiger partial charge in [0.1, 0.15) is 12.1 Å². The average Bonchev–Trinajstić information content (AvgIpc) is 3.20. The van der Waals surface area contributed by atoms with Gasteiger partial charge in [-0.3, -0.25) is 0 Å². The van der Waals surface area contributed by atoms with Gasteiger partial charge < -0.3 is 14.8 Å². The van der Waals surface area contributed by atoms with Crippen LogP contribution in [0.1, 0.15) is 25.7 Å². The zero-order valence-electron chi connectivity index (χ0n) is 15.2. The highest BCUT2D eigenvalue weighted by atomic mass is 16.5. The van der Waals surface area contributed by atoms with Gasteiger partial charge in [0.25, 0.3) is 0 Å². The Labute approximate surface area is 153 Å². The van der Waals surface area contributed by atoms with E-state index in [0.717, 1.165) is 39.3 Å². The fourth-order valence-corrected chi connectivity index (χ4v) is 3.63. The van der Waals surface area contributed by atoms with Gasteiger partial charge in [-0.15, -0.1) is 0 Å². The maximum absolute atomic E-state index is 5.44. The van der Waals surface area contributed by atoms with Crippen molar-refractivity contribution in [3.05, 3.63) is 42.7 Å². The lowest BCUT2D eigenvalue weighted by molar-refractivity contribution is 0.355. The van der Waals surface area contributed by atoms with Gasteiger partial charge in [0.05, 0.1) is 19.7 Å². The first-order valence-corrected chi connectivity index (χ1v) is 9.02. The summed E-state index contributed by atoms with van der Waals surface area (Å²) in [6.07, 6.45) is 6.63. The van der Waals surface area contributed by atoms with Crippen molar-refractivity contribution in [2.24, 2.45) is 0 Å². The van der Waals surface area contributed by atoms with Crippen molar-refractivity contribution in [3.8, 4) is 22.6 Å². The number of aromatic nitrogens is 2. The molecule has 1 aromatic heterocycles. The molecule has 26 heavy (non-hydrogen) atoms. The van der Waals surface area contributed by atoms with Crippen molar-refractivity contribution in [2.75, 3.05) is 19.5 Å². The molecule has 5 heteroatoms. The predicted molar refractivity (Wildman–Crippen MR) is 104 cm³/mol. The van der Waals surface area contributed by atoms with E-state index in [-0.39, 0.29) is 0 Å². The van der Waals surface area contributed by atoms with E-state index in [2.05, 4.69) is 27.4 Å². The molecule has 2 aromatic carbocycles. The van der Waals surface area contributed by atoms with E-state index in [4.69, 9.17) is 9.47 Å². The largest absolute Gasteiger partial charge is 0.493 e. The second-order valence-corrected chi connectivity index (χ2v) is 6.65. The van der Waals surface area contributed by atoms with Crippen LogP contribution in [0.3, 0.4) is 0 Å². The molecule has 4 rings (SSSR count). The highest BCUT2D eigenvalue weighted by Crippen LogP contribution is 2.34. The number of methoxy groups -OCH3 is 2. The molecule has 1 aliphatic rings. The molecular formula is C21H23N3O2. The average molecular weight is 349 g/mol. The Morgan fingerprint density at radius 2 is 1.62 bits per heavy atom. The molecule has 0 aliphatic heterocycles. The summed E-state index contributed by atoms with van der Waals surface area (Å²) < 4.78 is 10.8. The van der Waals surface area contributed by atoms with E-state index in [1.165, 1.54) is 25.7 Å². The fourth-order valence-electron chi connectivity index (χ4n) is 3.63. The summed E-state index contributed by atoms with van der Waals surface area (Å²) in [5.74, 6) is 2.37. The van der Waals surface area contributed by atoms with Gasteiger partial charge in [-0.05, 0) is 48.2 Å². The predicted octanol–water partition coefficient (Wildman–Crippen LogP) is 4.67. The minimum absolute atomic E-state index is 0.512. The lowest BCUT2D eigenvalue weighted by Crippen LogP contribution is -2.15. The Hall–Kier alpha value is -2.82. The number of nitrogens with one attached hydrogen (secondary N) is 1. The van der Waals surface area contributed by atoms with Gasteiger partial charge >= 0.3 is 0 Å². The smallest absolute Gasteiger partial charge is 0.161 e. The van der Waals surface area contributed by atoms with E-state index >= 15 is 0 Å². The van der Waals surface area contributed by atoms with Gasteiger partial charge in [-0.2, -0.15) is 0 Å². The number of rotatable bonds is 5. The topological polar surface area (TPSA) is 56.3 Å². The van der Waals surface area contributed by atoms with Crippen LogP contribution >= 0.6 is 0 Å². The number of fused-ring (bicyclic) bond motifs is 1. The van der Waals surface area contributed by atoms with E-state index in [0.29, 0.717) is 6.04 Å². The van der Waals surface area contributed by atoms with E-state index in [9.17, 15) is 0 Å². The van der Waals surface area contributed by atoms with Crippen LogP contribution in [-0.4, -0.2) is 30.2 Å². The van der Waals surface area contributed by atoms with Gasteiger partial charge in [0.2, 0.25) is 0 Å². The third kappa shape index (κ3) is 3.17. The van der Waals surface area contributed by atoms with Crippen LogP contribution in [0.4, 0.5) is 5.82 Å². The molecule has 0 saturated heterocycles. The molecule has 1 aliphatic carbocycles. The second-order valence-electron chi connectivity index (χ2n) is 6.65. The minimum Gasteiger partial charge on any atom is -0.493 e. The van der Waals surface area contributed by atoms with Crippen molar-refractivity contribution < 1.29 is 9.47 Å². The first-order valence-electron chi connectivity index (χ1n) is 9.02. The van der Waals surface area contributed by atoms with Gasteiger partial charge in [-0.25, -0.2) is 9.97 Å². The molecular weight excluding hydrogens is 326 g/mol. The summed E-state index contributed by atoms with van der Waals surface area (Å²) in [6.45, 7) is 0. The monoisotopic (exact) mass is 349 g/mol. The van der Waals surface area contributed by atoms with Gasteiger partial charge in [-0.1, -0.05) is 25.0 Å². The summed E-state index contributed by atoms with van der Waals surface area (Å²) in [6, 6.07) is 12.7. The zero-order chi connectivity index (χ0) is 17.9. The van der Waals surface area contributed by atoms with Crippen molar-refractivity contribution in [3.63, 3.8) is 0 Å². The standard InChI is InChI=1S/C21H23N3O2/c1-25-19-10-8-15(12-20(19)26-2)14-7-9-18-17(11-14)21(23-13-22-18)24-16-5-3-4-6-16/h7-13,16H,3-6H2,1-2H3,(H,22,23,24). The first-order chi connectivity index (χ1) is 12.8. The van der Waals surface area contributed by atoms with Crippen LogP contribution in [0.5, 0.6) is 11.5 Å². The van der Waals surface area contributed by atoms with Crippen molar-refractivity contribution in [2.45, 2.75) is 31.7 Å². The molecule has 0 spiro atoms. The van der Waals surface area contributed by atoms with E-state index in [1.807, 2.05) is 24.3 Å². The third-order valence-corrected chi connectivity index (χ3v) is 5.05. The van der Waals surface area contributed by atoms with Crippen molar-refractivity contribution >= 4 is 16.7 Å². The lowest BCUT2D eigenvalue weighted by Gasteiger charge is -2.15. The zero-order valence-corrected chi connectivity index (χ0v) is 15.2. The molecule has 1 fully saturated rings. The normalized spacial score (nSPS) is 14.5. The minimum atomic E-state index is 0.512. The Morgan fingerprint density at radius 1 is 0.885 bits per heavy atom. The second kappa shape index (κ2) is 7.20. The molecule has 0 atom stereocenters. The quantitative estimate of drug-likeness (QED) is 0.725. The molecule has 0 bridgehead atoms. The summed E-state index contributed by atoms with van der Waals surface area (Å²) in [7, 11) is 3.30. The molecule has 0 radical (unpaired) electrons. The highest BCUT2D eigenvalue weighted by Gasteiger charge is 2.16. The van der Waals surface area contributed by atoms with Crippen LogP contribution in [0.2, 0.25) is 0 Å². The summed E-state index contributed by atoms with van der Waals surface area (Å²) >= 11 is 0. The maximum atomic E-state index is 5.44. The Morgan fingerprint density at radius 3 is 2.38 bits per heavy atom. The molecule has 1 N–H and O–H groups in total. The van der Waals surface area contributed by atoms with E-state index in [1.54, 1.807) is 20.5 Å². The SMILES string of the molecule is COc1ccc(-c2ccc3ncnc(NC4CCCC4)c3c2)cc1OC. The summed E-state index contributed by atoms with van der Waals surface area (Å²) in [5, 5.41) is 4.66. The molecule has 1 heterocycles. The molecule has 0 amide bonds. The number of anilines is 1. The van der Waals surface area contributed by atoms with Gasteiger partial charge in [0, 0.05) is 11.4 Å². The number of nitrogens with zero attached hydrogens (tertiary/aromatic N) is 2. The fraction of sp³-hybridized carbons (Fsp3) is 0.333. The van der Waals surface area contributed by atoms with Crippen molar-refractivity contribution in [1.29, 1.82) is 0 Å². The summed E-state index contributed by atoms with van der Waals surface area (Å²) in [4.78, 5) is 8.92. The molecule has 5 nitrogen and oxygen atoms in total. The molecule has 134 valence electrons. The van der Waals surface area contributed by atoms with Crippen molar-refractivity contribution in [1.82, 2.24) is 9.97 Å². The van der Waals surface area contributed by atoms with Gasteiger partial charge in [0.15, 0.2) is 11.5 Å². The Bertz CT molecular complexity index is 920. The van der Waals surface area contributed by atoms with Crippen LogP contribution in [0.15, 0.2) is 42.7 Å².